The molecule has 0 aliphatic carbocycles. The smallest absolute Gasteiger partial charge is 0.317 e. The van der Waals surface area contributed by atoms with Crippen molar-refractivity contribution in [1.82, 2.24) is 30.3 Å². The van der Waals surface area contributed by atoms with Gasteiger partial charge in [-0.3, -0.25) is 15.0 Å². The van der Waals surface area contributed by atoms with Gasteiger partial charge < -0.3 is 10.2 Å². The Morgan fingerprint density at radius 3 is 2.85 bits per heavy atom. The quantitative estimate of drug-likeness (QED) is 0.858. The Morgan fingerprint density at radius 2 is 2.12 bits per heavy atom. The Labute approximate surface area is 154 Å². The highest BCUT2D eigenvalue weighted by Crippen LogP contribution is 2.10. The lowest BCUT2D eigenvalue weighted by molar-refractivity contribution is 0.197. The molecule has 140 valence electrons. The minimum Gasteiger partial charge on any atom is -0.338 e. The van der Waals surface area contributed by atoms with E-state index in [1.807, 2.05) is 37.1 Å². The van der Waals surface area contributed by atoms with Crippen molar-refractivity contribution in [2.45, 2.75) is 33.2 Å². The van der Waals surface area contributed by atoms with Gasteiger partial charge in [0.25, 0.3) is 0 Å². The summed E-state index contributed by atoms with van der Waals surface area (Å²) < 4.78 is 0. The van der Waals surface area contributed by atoms with Crippen LogP contribution >= 0.6 is 0 Å². The van der Waals surface area contributed by atoms with E-state index < -0.39 is 0 Å². The van der Waals surface area contributed by atoms with Crippen molar-refractivity contribution >= 4 is 6.03 Å². The topological polar surface area (TPSA) is 77.2 Å². The van der Waals surface area contributed by atoms with Crippen LogP contribution in [0.5, 0.6) is 0 Å². The third kappa shape index (κ3) is 4.82. The minimum absolute atomic E-state index is 0.0310. The van der Waals surface area contributed by atoms with E-state index in [1.54, 1.807) is 0 Å². The molecule has 1 aliphatic rings. The summed E-state index contributed by atoms with van der Waals surface area (Å²) in [6.45, 7) is 8.91. The van der Waals surface area contributed by atoms with Crippen LogP contribution in [0.15, 0.2) is 24.4 Å². The van der Waals surface area contributed by atoms with Crippen molar-refractivity contribution in [2.24, 2.45) is 0 Å². The third-order valence-corrected chi connectivity index (χ3v) is 4.92. The number of aryl methyl sites for hydroxylation is 2. The summed E-state index contributed by atoms with van der Waals surface area (Å²) in [6, 6.07) is 6.03. The van der Waals surface area contributed by atoms with Gasteiger partial charge in [0.2, 0.25) is 0 Å². The molecule has 3 heterocycles. The second-order valence-electron chi connectivity index (χ2n) is 6.83. The Bertz CT molecular complexity index is 695. The molecule has 2 amide bonds. The summed E-state index contributed by atoms with van der Waals surface area (Å²) in [5, 5.41) is 10.2. The fourth-order valence-corrected chi connectivity index (χ4v) is 3.40. The molecule has 26 heavy (non-hydrogen) atoms. The Kier molecular flexibility index (Phi) is 6.22. The number of pyridine rings is 1. The molecule has 0 aromatic carbocycles. The molecule has 7 heteroatoms. The van der Waals surface area contributed by atoms with Crippen LogP contribution in [0.4, 0.5) is 4.79 Å². The third-order valence-electron chi connectivity index (χ3n) is 4.92. The predicted molar refractivity (Wildman–Crippen MR) is 101 cm³/mol. The van der Waals surface area contributed by atoms with E-state index in [-0.39, 0.29) is 6.03 Å². The summed E-state index contributed by atoms with van der Waals surface area (Å²) in [4.78, 5) is 21.2. The van der Waals surface area contributed by atoms with Gasteiger partial charge in [-0.15, -0.1) is 0 Å². The lowest BCUT2D eigenvalue weighted by Crippen LogP contribution is -2.42. The molecular formula is C19H28N6O. The predicted octanol–water partition coefficient (Wildman–Crippen LogP) is 1.88. The Balaban J connectivity index is 1.44. The number of hydrogen-bond donors (Lipinski definition) is 2. The van der Waals surface area contributed by atoms with E-state index in [9.17, 15) is 4.79 Å². The van der Waals surface area contributed by atoms with Crippen molar-refractivity contribution in [3.8, 4) is 0 Å². The number of urea groups is 1. The minimum atomic E-state index is 0.0310. The van der Waals surface area contributed by atoms with E-state index in [0.29, 0.717) is 6.54 Å². The van der Waals surface area contributed by atoms with Crippen molar-refractivity contribution in [3.63, 3.8) is 0 Å². The van der Waals surface area contributed by atoms with Crippen LogP contribution in [-0.4, -0.2) is 63.7 Å². The Hall–Kier alpha value is -2.41. The molecule has 2 aromatic rings. The molecule has 0 bridgehead atoms. The number of aromatic amines is 1. The van der Waals surface area contributed by atoms with Crippen LogP contribution < -0.4 is 5.32 Å². The summed E-state index contributed by atoms with van der Waals surface area (Å²) in [6.07, 6.45) is 3.62. The maximum absolute atomic E-state index is 12.5. The van der Waals surface area contributed by atoms with Gasteiger partial charge >= 0.3 is 6.03 Å². The molecule has 3 rings (SSSR count). The maximum atomic E-state index is 12.5. The van der Waals surface area contributed by atoms with E-state index in [2.05, 4.69) is 31.5 Å². The number of H-pyrrole nitrogens is 1. The van der Waals surface area contributed by atoms with Crippen molar-refractivity contribution < 1.29 is 4.79 Å². The average Bonchev–Trinajstić information content (AvgIpc) is 2.84. The van der Waals surface area contributed by atoms with E-state index in [0.717, 1.165) is 62.6 Å². The van der Waals surface area contributed by atoms with Gasteiger partial charge in [-0.05, 0) is 44.4 Å². The number of carbonyl (C=O) groups is 1. The number of nitrogens with zero attached hydrogens (tertiary/aromatic N) is 4. The molecule has 0 atom stereocenters. The first-order chi connectivity index (χ1) is 12.6. The van der Waals surface area contributed by atoms with Gasteiger partial charge in [-0.25, -0.2) is 4.79 Å². The van der Waals surface area contributed by atoms with Crippen LogP contribution in [0.25, 0.3) is 0 Å². The average molecular weight is 356 g/mol. The standard InChI is InChI=1S/C19H28N6O/c1-15-18(16(2)23-22-15)7-9-21-19(26)25-11-5-10-24(12-13-25)14-17-6-3-4-8-20-17/h3-4,6,8H,5,7,9-14H2,1-2H3,(H,21,26)(H,22,23). The second-order valence-corrected chi connectivity index (χ2v) is 6.83. The van der Waals surface area contributed by atoms with Gasteiger partial charge in [0.05, 0.1) is 11.4 Å². The summed E-state index contributed by atoms with van der Waals surface area (Å²) in [7, 11) is 0. The fraction of sp³-hybridized carbons (Fsp3) is 0.526. The molecule has 0 unspecified atom stereocenters. The molecule has 1 saturated heterocycles. The molecular weight excluding hydrogens is 328 g/mol. The van der Waals surface area contributed by atoms with Crippen LogP contribution in [0.2, 0.25) is 0 Å². The van der Waals surface area contributed by atoms with Crippen molar-refractivity contribution in [1.29, 1.82) is 0 Å². The van der Waals surface area contributed by atoms with Gasteiger partial charge in [0.15, 0.2) is 0 Å². The molecule has 7 nitrogen and oxygen atoms in total. The van der Waals surface area contributed by atoms with Crippen molar-refractivity contribution in [2.75, 3.05) is 32.7 Å². The summed E-state index contributed by atoms with van der Waals surface area (Å²) in [5.74, 6) is 0. The van der Waals surface area contributed by atoms with Crippen LogP contribution in [0, 0.1) is 13.8 Å². The van der Waals surface area contributed by atoms with Crippen molar-refractivity contribution in [3.05, 3.63) is 47.0 Å². The molecule has 1 fully saturated rings. The molecule has 0 radical (unpaired) electrons. The van der Waals surface area contributed by atoms with E-state index in [1.165, 1.54) is 5.56 Å². The first-order valence-electron chi connectivity index (χ1n) is 9.29. The molecule has 2 aromatic heterocycles. The lowest BCUT2D eigenvalue weighted by Gasteiger charge is -2.22. The summed E-state index contributed by atoms with van der Waals surface area (Å²) >= 11 is 0. The lowest BCUT2D eigenvalue weighted by atomic mass is 10.1. The first-order valence-corrected chi connectivity index (χ1v) is 9.29. The van der Waals surface area contributed by atoms with Gasteiger partial charge in [0, 0.05) is 51.2 Å². The number of rotatable bonds is 5. The van der Waals surface area contributed by atoms with Crippen LogP contribution in [0.1, 0.15) is 29.1 Å². The number of nitrogens with one attached hydrogen (secondary N) is 2. The first kappa shape index (κ1) is 18.4. The molecule has 0 saturated carbocycles. The number of hydrogen-bond acceptors (Lipinski definition) is 4. The molecule has 0 spiro atoms. The van der Waals surface area contributed by atoms with Gasteiger partial charge in [-0.1, -0.05) is 6.07 Å². The highest BCUT2D eigenvalue weighted by molar-refractivity contribution is 5.74. The van der Waals surface area contributed by atoms with Gasteiger partial charge in [0.1, 0.15) is 0 Å². The van der Waals surface area contributed by atoms with E-state index >= 15 is 0 Å². The molecule has 1 aliphatic heterocycles. The number of aromatic nitrogens is 3. The monoisotopic (exact) mass is 356 g/mol. The maximum Gasteiger partial charge on any atom is 0.317 e. The summed E-state index contributed by atoms with van der Waals surface area (Å²) in [5.41, 5.74) is 4.37. The number of carbonyl (C=O) groups excluding carboxylic acids is 1. The zero-order valence-corrected chi connectivity index (χ0v) is 15.7. The van der Waals surface area contributed by atoms with Crippen LogP contribution in [0.3, 0.4) is 0 Å². The normalized spacial score (nSPS) is 15.7. The second kappa shape index (κ2) is 8.80. The van der Waals surface area contributed by atoms with E-state index in [4.69, 9.17) is 0 Å². The van der Waals surface area contributed by atoms with Gasteiger partial charge in [-0.2, -0.15) is 5.10 Å². The zero-order chi connectivity index (χ0) is 18.4. The largest absolute Gasteiger partial charge is 0.338 e. The molecule has 2 N–H and O–H groups in total. The highest BCUT2D eigenvalue weighted by Gasteiger charge is 2.19. The fourth-order valence-electron chi connectivity index (χ4n) is 3.40. The Morgan fingerprint density at radius 1 is 1.23 bits per heavy atom. The zero-order valence-electron chi connectivity index (χ0n) is 15.7. The van der Waals surface area contributed by atoms with Crippen LogP contribution in [-0.2, 0) is 13.0 Å². The highest BCUT2D eigenvalue weighted by atomic mass is 16.2. The SMILES string of the molecule is Cc1n[nH]c(C)c1CCNC(=O)N1CCCN(Cc2ccccn2)CC1. The number of amides is 2.